The zero-order valence-corrected chi connectivity index (χ0v) is 13.1. The van der Waals surface area contributed by atoms with Gasteiger partial charge in [-0.25, -0.2) is 0 Å². The molecule has 2 heteroatoms. The lowest BCUT2D eigenvalue weighted by molar-refractivity contribution is 0.117. The van der Waals surface area contributed by atoms with Gasteiger partial charge in [0.25, 0.3) is 0 Å². The van der Waals surface area contributed by atoms with Crippen LogP contribution in [0.5, 0.6) is 0 Å². The summed E-state index contributed by atoms with van der Waals surface area (Å²) in [6, 6.07) is 8.50. The molecule has 1 nitrogen and oxygen atoms in total. The highest BCUT2D eigenvalue weighted by molar-refractivity contribution is 6.31. The average molecular weight is 292 g/mol. The highest BCUT2D eigenvalue weighted by Crippen LogP contribution is 2.50. The second-order valence-corrected chi connectivity index (χ2v) is 7.07. The first-order chi connectivity index (χ1) is 9.82. The molecule has 0 radical (unpaired) electrons. The van der Waals surface area contributed by atoms with E-state index in [4.69, 9.17) is 11.6 Å². The molecule has 2 aliphatic rings. The molecule has 3 rings (SSSR count). The Balaban J connectivity index is 1.91. The molecule has 1 aromatic rings. The fourth-order valence-electron chi connectivity index (χ4n) is 4.38. The Morgan fingerprint density at radius 3 is 2.40 bits per heavy atom. The number of hydrogen-bond donors (Lipinski definition) is 1. The predicted octanol–water partition coefficient (Wildman–Crippen LogP) is 5.15. The first kappa shape index (κ1) is 14.4. The normalized spacial score (nSPS) is 26.9. The van der Waals surface area contributed by atoms with Crippen LogP contribution in [0.3, 0.4) is 0 Å². The van der Waals surface area contributed by atoms with Crippen LogP contribution >= 0.6 is 11.6 Å². The molecular weight excluding hydrogens is 266 g/mol. The van der Waals surface area contributed by atoms with Gasteiger partial charge in [-0.3, -0.25) is 0 Å². The van der Waals surface area contributed by atoms with Gasteiger partial charge in [0, 0.05) is 17.5 Å². The van der Waals surface area contributed by atoms with Gasteiger partial charge in [-0.2, -0.15) is 0 Å². The predicted molar refractivity (Wildman–Crippen MR) is 86.4 cm³/mol. The summed E-state index contributed by atoms with van der Waals surface area (Å²) < 4.78 is 0. The van der Waals surface area contributed by atoms with Crippen LogP contribution < -0.4 is 5.32 Å². The summed E-state index contributed by atoms with van der Waals surface area (Å²) in [6.45, 7) is 2.28. The molecule has 20 heavy (non-hydrogen) atoms. The smallest absolute Gasteiger partial charge is 0.0441 e. The third kappa shape index (κ3) is 2.89. The molecule has 1 saturated heterocycles. The van der Waals surface area contributed by atoms with E-state index >= 15 is 0 Å². The molecular formula is C18H26ClN. The van der Waals surface area contributed by atoms with E-state index in [0.717, 1.165) is 11.6 Å². The van der Waals surface area contributed by atoms with Crippen LogP contribution in [0.15, 0.2) is 24.3 Å². The Morgan fingerprint density at radius 1 is 0.950 bits per heavy atom. The van der Waals surface area contributed by atoms with Crippen LogP contribution in [0.1, 0.15) is 62.8 Å². The van der Waals surface area contributed by atoms with E-state index in [1.165, 1.54) is 63.5 Å². The molecule has 1 heterocycles. The molecule has 1 aromatic carbocycles. The topological polar surface area (TPSA) is 12.0 Å². The lowest BCUT2D eigenvalue weighted by atomic mass is 9.62. The van der Waals surface area contributed by atoms with E-state index in [2.05, 4.69) is 23.5 Å². The fraction of sp³-hybridized carbons (Fsp3) is 0.667. The SMILES string of the molecule is Clc1ccccc1C1CNCCC12CCCCCCC2. The molecule has 1 unspecified atom stereocenters. The highest BCUT2D eigenvalue weighted by Gasteiger charge is 2.41. The first-order valence-electron chi connectivity index (χ1n) is 8.27. The summed E-state index contributed by atoms with van der Waals surface area (Å²) in [4.78, 5) is 0. The minimum absolute atomic E-state index is 0.497. The molecule has 1 atom stereocenters. The molecule has 1 aliphatic heterocycles. The van der Waals surface area contributed by atoms with Crippen molar-refractivity contribution in [1.29, 1.82) is 0 Å². The zero-order chi connectivity index (χ0) is 13.8. The maximum Gasteiger partial charge on any atom is 0.0441 e. The summed E-state index contributed by atoms with van der Waals surface area (Å²) in [6.07, 6.45) is 11.2. The number of hydrogen-bond acceptors (Lipinski definition) is 1. The van der Waals surface area contributed by atoms with Crippen molar-refractivity contribution in [2.45, 2.75) is 57.3 Å². The number of benzene rings is 1. The molecule has 0 aromatic heterocycles. The minimum Gasteiger partial charge on any atom is -0.316 e. The van der Waals surface area contributed by atoms with Gasteiger partial charge < -0.3 is 5.32 Å². The molecule has 0 bridgehead atoms. The van der Waals surface area contributed by atoms with Crippen molar-refractivity contribution in [3.8, 4) is 0 Å². The Morgan fingerprint density at radius 2 is 1.65 bits per heavy atom. The van der Waals surface area contributed by atoms with Crippen molar-refractivity contribution in [3.05, 3.63) is 34.9 Å². The third-order valence-electron chi connectivity index (χ3n) is 5.52. The number of rotatable bonds is 1. The van der Waals surface area contributed by atoms with Crippen molar-refractivity contribution in [1.82, 2.24) is 5.32 Å². The van der Waals surface area contributed by atoms with Gasteiger partial charge in [0.05, 0.1) is 0 Å². The summed E-state index contributed by atoms with van der Waals surface area (Å²) in [5.41, 5.74) is 1.87. The van der Waals surface area contributed by atoms with E-state index in [1.807, 2.05) is 6.07 Å². The van der Waals surface area contributed by atoms with Crippen molar-refractivity contribution < 1.29 is 0 Å². The van der Waals surface area contributed by atoms with Crippen LogP contribution in [-0.2, 0) is 0 Å². The average Bonchev–Trinajstić information content (AvgIpc) is 2.45. The Labute approximate surface area is 128 Å². The van der Waals surface area contributed by atoms with Gasteiger partial charge in [0.2, 0.25) is 0 Å². The molecule has 1 N–H and O–H groups in total. The lowest BCUT2D eigenvalue weighted by Gasteiger charge is -2.46. The first-order valence-corrected chi connectivity index (χ1v) is 8.65. The quantitative estimate of drug-likeness (QED) is 0.755. The van der Waals surface area contributed by atoms with Crippen LogP contribution in [0.25, 0.3) is 0 Å². The van der Waals surface area contributed by atoms with Crippen LogP contribution in [0.2, 0.25) is 5.02 Å². The number of piperidine rings is 1. The van der Waals surface area contributed by atoms with E-state index in [-0.39, 0.29) is 0 Å². The summed E-state index contributed by atoms with van der Waals surface area (Å²) in [7, 11) is 0. The van der Waals surface area contributed by atoms with Crippen molar-refractivity contribution in [3.63, 3.8) is 0 Å². The molecule has 1 saturated carbocycles. The second-order valence-electron chi connectivity index (χ2n) is 6.66. The summed E-state index contributed by atoms with van der Waals surface area (Å²) >= 11 is 6.51. The van der Waals surface area contributed by atoms with E-state index in [1.54, 1.807) is 0 Å². The van der Waals surface area contributed by atoms with Gasteiger partial charge in [-0.05, 0) is 42.9 Å². The molecule has 0 amide bonds. The van der Waals surface area contributed by atoms with E-state index < -0.39 is 0 Å². The fourth-order valence-corrected chi connectivity index (χ4v) is 4.65. The molecule has 110 valence electrons. The van der Waals surface area contributed by atoms with Crippen molar-refractivity contribution in [2.24, 2.45) is 5.41 Å². The van der Waals surface area contributed by atoms with Crippen LogP contribution in [0, 0.1) is 5.41 Å². The maximum atomic E-state index is 6.51. The number of nitrogens with one attached hydrogen (secondary N) is 1. The minimum atomic E-state index is 0.497. The van der Waals surface area contributed by atoms with Gasteiger partial charge in [0.15, 0.2) is 0 Å². The van der Waals surface area contributed by atoms with Gasteiger partial charge in [-0.1, -0.05) is 61.9 Å². The highest BCUT2D eigenvalue weighted by atomic mass is 35.5. The van der Waals surface area contributed by atoms with Gasteiger partial charge in [0.1, 0.15) is 0 Å². The van der Waals surface area contributed by atoms with Crippen molar-refractivity contribution in [2.75, 3.05) is 13.1 Å². The third-order valence-corrected chi connectivity index (χ3v) is 5.86. The van der Waals surface area contributed by atoms with Gasteiger partial charge >= 0.3 is 0 Å². The molecule has 2 fully saturated rings. The zero-order valence-electron chi connectivity index (χ0n) is 12.3. The largest absolute Gasteiger partial charge is 0.316 e. The molecule has 1 aliphatic carbocycles. The van der Waals surface area contributed by atoms with Crippen molar-refractivity contribution >= 4 is 11.6 Å². The summed E-state index contributed by atoms with van der Waals surface area (Å²) in [5.74, 6) is 0.600. The van der Waals surface area contributed by atoms with Crippen LogP contribution in [-0.4, -0.2) is 13.1 Å². The summed E-state index contributed by atoms with van der Waals surface area (Å²) in [5, 5.41) is 4.57. The number of halogens is 1. The Kier molecular flexibility index (Phi) is 4.68. The van der Waals surface area contributed by atoms with E-state index in [9.17, 15) is 0 Å². The second kappa shape index (κ2) is 6.49. The molecule has 1 spiro atoms. The van der Waals surface area contributed by atoms with Crippen LogP contribution in [0.4, 0.5) is 0 Å². The standard InChI is InChI=1S/C18H26ClN/c19-17-9-5-4-8-15(17)16-14-20-13-12-18(16)10-6-2-1-3-7-11-18/h4-5,8-9,16,20H,1-3,6-7,10-14H2. The monoisotopic (exact) mass is 291 g/mol. The maximum absolute atomic E-state index is 6.51. The Hall–Kier alpha value is -0.530. The Bertz CT molecular complexity index is 435. The lowest BCUT2D eigenvalue weighted by Crippen LogP contribution is -2.44. The van der Waals surface area contributed by atoms with Gasteiger partial charge in [-0.15, -0.1) is 0 Å². The van der Waals surface area contributed by atoms with E-state index in [0.29, 0.717) is 11.3 Å².